The van der Waals surface area contributed by atoms with Gasteiger partial charge in [-0.3, -0.25) is 13.7 Å². The Kier molecular flexibility index (Phi) is 37.7. The number of benzene rings is 6. The summed E-state index contributed by atoms with van der Waals surface area (Å²) in [6.45, 7) is 0. The third-order valence-corrected chi connectivity index (χ3v) is 21.5. The predicted molar refractivity (Wildman–Crippen MR) is 298 cm³/mol. The molecule has 0 aliphatic carbocycles. The van der Waals surface area contributed by atoms with Crippen LogP contribution in [0.15, 0.2) is 164 Å². The first-order valence-corrected chi connectivity index (χ1v) is 32.8. The van der Waals surface area contributed by atoms with Crippen LogP contribution in [0.5, 0.6) is 34.5 Å². The van der Waals surface area contributed by atoms with E-state index in [1.165, 1.54) is 0 Å². The number of hydrogen-bond donors (Lipinski definition) is 6. The summed E-state index contributed by atoms with van der Waals surface area (Å²) in [4.78, 5) is 52.8. The Morgan fingerprint density at radius 3 is 0.778 bits per heavy atom. The molecule has 0 aromatic heterocycles. The first-order valence-electron chi connectivity index (χ1n) is 21.9. The molecule has 0 fully saturated rings. The summed E-state index contributed by atoms with van der Waals surface area (Å²) in [6.07, 6.45) is 5.03. The quantitative estimate of drug-likeness (QED) is 0.0244. The zero-order valence-corrected chi connectivity index (χ0v) is 43.5. The maximum atomic E-state index is 11.6. The third-order valence-electron chi connectivity index (χ3n) is 9.54. The molecule has 0 bridgehead atoms. The number of aryl methyl sites for hydroxylation is 3. The van der Waals surface area contributed by atoms with E-state index >= 15 is 0 Å². The summed E-state index contributed by atoms with van der Waals surface area (Å²) in [5.41, 5.74) is 3.14. The van der Waals surface area contributed by atoms with Gasteiger partial charge in [-0.2, -0.15) is 0 Å². The van der Waals surface area contributed by atoms with Crippen LogP contribution in [0.1, 0.15) is 36.0 Å². The van der Waals surface area contributed by atoms with E-state index in [1.54, 1.807) is 0 Å². The number of para-hydroxylation sites is 3. The van der Waals surface area contributed by atoms with Crippen molar-refractivity contribution in [1.29, 1.82) is 0 Å². The predicted octanol–water partition coefficient (Wildman–Crippen LogP) is 10.4. The molecule has 6 rings (SSSR count). The SMILES string of the molecule is O=[PH](CCCc1cccc(Oc2ccccc2)c1)CP(=O)(O)O.O=[PH](CCCc1cccc(Oc2ccccc2)c1)CP(=O)(O)O.O=[PH](CCCc1cccc(Oc2ccccc2)c1)CP(=O)(O)O.[KH].[KH].[KH]. The number of hydrogen-bond acceptors (Lipinski definition) is 9. The Balaban J connectivity index is 0.000000529. The zero-order valence-electron chi connectivity index (χ0n) is 37.8. The third kappa shape index (κ3) is 34.6. The van der Waals surface area contributed by atoms with Gasteiger partial charge in [-0.05, 0) is 146 Å². The second-order valence-electron chi connectivity index (χ2n) is 15.8. The summed E-state index contributed by atoms with van der Waals surface area (Å²) in [5.74, 6) is 3.01. The van der Waals surface area contributed by atoms with Gasteiger partial charge in [0.2, 0.25) is 0 Å². The van der Waals surface area contributed by atoms with E-state index in [4.69, 9.17) is 43.6 Å². The van der Waals surface area contributed by atoms with Crippen LogP contribution in [0.3, 0.4) is 0 Å². The second kappa shape index (κ2) is 38.4. The van der Waals surface area contributed by atoms with E-state index < -0.39 is 63.9 Å². The van der Waals surface area contributed by atoms with E-state index in [9.17, 15) is 27.4 Å². The molecule has 6 N–H and O–H groups in total. The van der Waals surface area contributed by atoms with Gasteiger partial charge >= 0.3 is 177 Å². The van der Waals surface area contributed by atoms with Gasteiger partial charge in [-0.15, -0.1) is 0 Å². The fourth-order valence-corrected chi connectivity index (χ4v) is 15.7. The van der Waals surface area contributed by atoms with Gasteiger partial charge < -0.3 is 57.3 Å². The average molecular weight is 1180 g/mol. The topological polar surface area (TPSA) is 251 Å². The molecule has 3 unspecified atom stereocenters. The van der Waals surface area contributed by atoms with Crippen molar-refractivity contribution < 1.29 is 71.0 Å². The van der Waals surface area contributed by atoms with Crippen LogP contribution in [0, 0.1) is 0 Å². The molecule has 15 nitrogen and oxygen atoms in total. The van der Waals surface area contributed by atoms with Crippen molar-refractivity contribution in [3.8, 4) is 34.5 Å². The molecule has 0 spiro atoms. The van der Waals surface area contributed by atoms with Gasteiger partial charge in [0.25, 0.3) is 0 Å². The van der Waals surface area contributed by atoms with E-state index in [0.29, 0.717) is 57.0 Å². The molecule has 72 heavy (non-hydrogen) atoms. The zero-order chi connectivity index (χ0) is 50.1. The van der Waals surface area contributed by atoms with Crippen molar-refractivity contribution in [2.24, 2.45) is 0 Å². The average Bonchev–Trinajstić information content (AvgIpc) is 3.27. The second-order valence-corrected chi connectivity index (χ2v) is 28.3. The summed E-state index contributed by atoms with van der Waals surface area (Å²) in [6, 6.07) is 51.3. The van der Waals surface area contributed by atoms with Crippen molar-refractivity contribution >= 4 is 200 Å². The van der Waals surface area contributed by atoms with Gasteiger partial charge in [0.15, 0.2) is 0 Å². The molecule has 6 aromatic carbocycles. The number of rotatable bonds is 24. The van der Waals surface area contributed by atoms with E-state index in [0.717, 1.165) is 51.2 Å². The van der Waals surface area contributed by atoms with E-state index in [1.807, 2.05) is 164 Å². The molecule has 0 saturated heterocycles. The van der Waals surface area contributed by atoms with Crippen LogP contribution in [-0.2, 0) is 46.7 Å². The van der Waals surface area contributed by atoms with Gasteiger partial charge in [0, 0.05) is 0 Å². The summed E-state index contributed by atoms with van der Waals surface area (Å²) in [7, 11) is -19.2. The van der Waals surface area contributed by atoms with Crippen molar-refractivity contribution in [3.63, 3.8) is 0 Å². The molecule has 0 amide bonds. The molecule has 0 saturated carbocycles. The van der Waals surface area contributed by atoms with Gasteiger partial charge in [-0.1, -0.05) is 91.0 Å². The Labute approximate surface area is 551 Å². The van der Waals surface area contributed by atoms with Crippen LogP contribution >= 0.6 is 46.2 Å². The molecule has 0 heterocycles. The monoisotopic (exact) mass is 1180 g/mol. The fraction of sp³-hybridized carbons (Fsp3) is 0.250. The van der Waals surface area contributed by atoms with Crippen LogP contribution in [0.2, 0.25) is 0 Å². The first-order chi connectivity index (χ1) is 32.8. The van der Waals surface area contributed by atoms with E-state index in [2.05, 4.69) is 0 Å². The van der Waals surface area contributed by atoms with Gasteiger partial charge in [-0.25, -0.2) is 0 Å². The van der Waals surface area contributed by atoms with Crippen molar-refractivity contribution in [3.05, 3.63) is 180 Å². The first kappa shape index (κ1) is 70.8. The van der Waals surface area contributed by atoms with Gasteiger partial charge in [0.1, 0.15) is 52.2 Å². The molecular weight excluding hydrogens is 1120 g/mol. The minimum absolute atomic E-state index is 0. The number of ether oxygens (including phenoxy) is 3. The van der Waals surface area contributed by atoms with Crippen LogP contribution in [0.4, 0.5) is 0 Å². The molecular formula is C48H63K3O15P6. The van der Waals surface area contributed by atoms with Crippen LogP contribution < -0.4 is 14.2 Å². The molecule has 3 atom stereocenters. The Morgan fingerprint density at radius 1 is 0.333 bits per heavy atom. The molecule has 0 aliphatic heterocycles. The molecule has 24 heteroatoms. The van der Waals surface area contributed by atoms with Crippen LogP contribution in [-0.4, -0.2) is 220 Å². The molecule has 6 aromatic rings. The normalized spacial score (nSPS) is 12.2. The Morgan fingerprint density at radius 2 is 0.556 bits per heavy atom. The van der Waals surface area contributed by atoms with Crippen molar-refractivity contribution in [1.82, 2.24) is 0 Å². The standard InChI is InChI=1S/3C16H20O5P2.3K.3H/c3*17-22(13-23(18,19)20)11-5-7-14-6-4-10-16(12-14)21-15-8-2-1-3-9-15;;;;;;/h3*1-4,6,8-10,12,22H,5,7,11,13H2,(H2,18,19,20);;;;;;. The van der Waals surface area contributed by atoms with Crippen LogP contribution in [0.25, 0.3) is 0 Å². The molecule has 378 valence electrons. The Bertz CT molecular complexity index is 2400. The van der Waals surface area contributed by atoms with Gasteiger partial charge in [0.05, 0.1) is 23.4 Å². The fourth-order valence-electron chi connectivity index (χ4n) is 6.56. The minimum atomic E-state index is -4.17. The molecule has 0 radical (unpaired) electrons. The maximum absolute atomic E-state index is 11.6. The summed E-state index contributed by atoms with van der Waals surface area (Å²) in [5, 5.41) is 0. The molecule has 0 aliphatic rings. The van der Waals surface area contributed by atoms with Crippen molar-refractivity contribution in [2.75, 3.05) is 36.2 Å². The van der Waals surface area contributed by atoms with E-state index in [-0.39, 0.29) is 154 Å². The summed E-state index contributed by atoms with van der Waals surface area (Å²) < 4.78 is 84.5. The Hall–Kier alpha value is 0.769. The summed E-state index contributed by atoms with van der Waals surface area (Å²) >= 11 is 0. The van der Waals surface area contributed by atoms with Crippen molar-refractivity contribution in [2.45, 2.75) is 38.5 Å².